The van der Waals surface area contributed by atoms with Gasteiger partial charge in [-0.25, -0.2) is 4.68 Å². The molecule has 1 aliphatic heterocycles. The van der Waals surface area contributed by atoms with Crippen LogP contribution in [0.5, 0.6) is 0 Å². The maximum atomic E-state index is 10.4. The van der Waals surface area contributed by atoms with Crippen molar-refractivity contribution in [1.29, 1.82) is 0 Å². The second-order valence-electron chi connectivity index (χ2n) is 6.96. The van der Waals surface area contributed by atoms with E-state index in [0.717, 1.165) is 23.2 Å². The molecular weight excluding hydrogens is 386 g/mol. The molecule has 2 heterocycles. The zero-order valence-corrected chi connectivity index (χ0v) is 16.6. The Balaban J connectivity index is 1.90. The van der Waals surface area contributed by atoms with Crippen molar-refractivity contribution in [3.05, 3.63) is 45.7 Å². The largest absolute Gasteiger partial charge is 0.394 e. The summed E-state index contributed by atoms with van der Waals surface area (Å²) in [5.74, 6) is 0. The van der Waals surface area contributed by atoms with E-state index in [1.54, 1.807) is 0 Å². The van der Waals surface area contributed by atoms with Crippen LogP contribution < -0.4 is 0 Å². The first-order chi connectivity index (χ1) is 13.4. The van der Waals surface area contributed by atoms with Crippen molar-refractivity contribution < 1.29 is 25.2 Å². The van der Waals surface area contributed by atoms with Gasteiger partial charge in [0.1, 0.15) is 24.4 Å². The molecule has 0 saturated carbocycles. The van der Waals surface area contributed by atoms with Crippen LogP contribution in [0.15, 0.2) is 18.2 Å². The smallest absolute Gasteiger partial charge is 0.181 e. The highest BCUT2D eigenvalue weighted by atomic mass is 35.5. The van der Waals surface area contributed by atoms with E-state index in [1.165, 1.54) is 4.68 Å². The number of rotatable bonds is 6. The van der Waals surface area contributed by atoms with Crippen LogP contribution in [0, 0.1) is 0 Å². The average Bonchev–Trinajstić information content (AvgIpc) is 3.10. The number of halogens is 1. The topological polar surface area (TPSA) is 121 Å². The molecule has 1 saturated heterocycles. The lowest BCUT2D eigenvalue weighted by Crippen LogP contribution is -2.56. The molecule has 28 heavy (non-hydrogen) atoms. The van der Waals surface area contributed by atoms with Gasteiger partial charge in [0.2, 0.25) is 0 Å². The van der Waals surface area contributed by atoms with Crippen LogP contribution >= 0.6 is 11.6 Å². The molecule has 3 rings (SSSR count). The monoisotopic (exact) mass is 411 g/mol. The molecule has 4 N–H and O–H groups in total. The second-order valence-corrected chi connectivity index (χ2v) is 7.36. The summed E-state index contributed by atoms with van der Waals surface area (Å²) in [4.78, 5) is 0. The van der Waals surface area contributed by atoms with Gasteiger partial charge in [-0.15, -0.1) is 5.10 Å². The molecule has 1 fully saturated rings. The van der Waals surface area contributed by atoms with Crippen LogP contribution in [-0.2, 0) is 24.0 Å². The van der Waals surface area contributed by atoms with Gasteiger partial charge in [0.15, 0.2) is 6.23 Å². The van der Waals surface area contributed by atoms with Crippen molar-refractivity contribution in [1.82, 2.24) is 15.0 Å². The fraction of sp³-hybridized carbons (Fsp3) is 0.579. The summed E-state index contributed by atoms with van der Waals surface area (Å²) < 4.78 is 7.01. The number of benzene rings is 1. The molecule has 0 radical (unpaired) electrons. The van der Waals surface area contributed by atoms with Crippen molar-refractivity contribution in [2.24, 2.45) is 0 Å². The predicted octanol–water partition coefficient (Wildman–Crippen LogP) is 0.620. The summed E-state index contributed by atoms with van der Waals surface area (Å²) in [6.07, 6.45) is -4.45. The van der Waals surface area contributed by atoms with E-state index in [4.69, 9.17) is 16.3 Å². The molecular formula is C19H26ClN3O5. The number of ether oxygens (including phenoxy) is 1. The molecule has 154 valence electrons. The third-order valence-electron chi connectivity index (χ3n) is 5.20. The van der Waals surface area contributed by atoms with E-state index in [9.17, 15) is 20.4 Å². The fourth-order valence-electron chi connectivity index (χ4n) is 3.47. The molecule has 0 bridgehead atoms. The summed E-state index contributed by atoms with van der Waals surface area (Å²) in [7, 11) is 0. The highest BCUT2D eigenvalue weighted by molar-refractivity contribution is 6.31. The Hall–Kier alpha value is -1.55. The Bertz CT molecular complexity index is 813. The minimum atomic E-state index is -1.47. The lowest BCUT2D eigenvalue weighted by molar-refractivity contribution is -0.254. The molecule has 0 spiro atoms. The molecule has 9 heteroatoms. The summed E-state index contributed by atoms with van der Waals surface area (Å²) >= 11 is 6.40. The van der Waals surface area contributed by atoms with Crippen LogP contribution in [-0.4, -0.2) is 66.4 Å². The van der Waals surface area contributed by atoms with Gasteiger partial charge in [-0.2, -0.15) is 0 Å². The normalized spacial score (nSPS) is 27.9. The maximum absolute atomic E-state index is 10.4. The molecule has 0 aliphatic carbocycles. The van der Waals surface area contributed by atoms with Crippen molar-refractivity contribution in [2.75, 3.05) is 6.61 Å². The predicted molar refractivity (Wildman–Crippen MR) is 102 cm³/mol. The summed E-state index contributed by atoms with van der Waals surface area (Å²) in [5.41, 5.74) is 3.47. The van der Waals surface area contributed by atoms with Crippen LogP contribution in [0.25, 0.3) is 0 Å². The second kappa shape index (κ2) is 8.86. The number of aliphatic hydroxyl groups excluding tert-OH is 4. The van der Waals surface area contributed by atoms with E-state index in [1.807, 2.05) is 25.1 Å². The molecule has 1 aliphatic rings. The van der Waals surface area contributed by atoms with Crippen LogP contribution in [0.2, 0.25) is 5.02 Å². The summed E-state index contributed by atoms with van der Waals surface area (Å²) in [6.45, 7) is 3.49. The Labute approximate surface area is 168 Å². The fourth-order valence-corrected chi connectivity index (χ4v) is 3.74. The van der Waals surface area contributed by atoms with Gasteiger partial charge in [-0.05, 0) is 30.0 Å². The van der Waals surface area contributed by atoms with Gasteiger partial charge in [0, 0.05) is 11.4 Å². The third-order valence-corrected chi connectivity index (χ3v) is 5.55. The molecule has 5 atom stereocenters. The molecule has 1 aromatic heterocycles. The van der Waals surface area contributed by atoms with E-state index >= 15 is 0 Å². The molecule has 8 nitrogen and oxygen atoms in total. The van der Waals surface area contributed by atoms with Crippen molar-refractivity contribution in [3.8, 4) is 0 Å². The molecule has 0 amide bonds. The van der Waals surface area contributed by atoms with Gasteiger partial charge in [-0.1, -0.05) is 42.8 Å². The quantitative estimate of drug-likeness (QED) is 0.549. The maximum Gasteiger partial charge on any atom is 0.181 e. The number of hydrogen-bond donors (Lipinski definition) is 4. The van der Waals surface area contributed by atoms with Crippen molar-refractivity contribution in [3.63, 3.8) is 0 Å². The van der Waals surface area contributed by atoms with Gasteiger partial charge in [-0.3, -0.25) is 0 Å². The Kier molecular flexibility index (Phi) is 6.69. The minimum absolute atomic E-state index is 0.462. The first kappa shape index (κ1) is 21.2. The van der Waals surface area contributed by atoms with Gasteiger partial charge < -0.3 is 25.2 Å². The van der Waals surface area contributed by atoms with Crippen LogP contribution in [0.4, 0.5) is 0 Å². The zero-order chi connectivity index (χ0) is 20.4. The van der Waals surface area contributed by atoms with E-state index in [0.29, 0.717) is 23.6 Å². The molecule has 0 unspecified atom stereocenters. The number of hydrogen-bond acceptors (Lipinski definition) is 7. The van der Waals surface area contributed by atoms with E-state index in [-0.39, 0.29) is 0 Å². The lowest BCUT2D eigenvalue weighted by atomic mass is 9.98. The first-order valence-electron chi connectivity index (χ1n) is 9.41. The Morgan fingerprint density at radius 2 is 1.86 bits per heavy atom. The number of aromatic nitrogens is 3. The number of nitrogens with zero attached hydrogens (tertiary/aromatic N) is 3. The molecule has 1 aromatic carbocycles. The lowest BCUT2D eigenvalue weighted by Gasteiger charge is -2.40. The summed E-state index contributed by atoms with van der Waals surface area (Å²) in [5, 5.41) is 48.8. The number of aliphatic hydroxyl groups is 4. The third kappa shape index (κ3) is 3.94. The Morgan fingerprint density at radius 1 is 1.11 bits per heavy atom. The first-order valence-corrected chi connectivity index (χ1v) is 9.79. The van der Waals surface area contributed by atoms with E-state index in [2.05, 4.69) is 17.2 Å². The Morgan fingerprint density at radius 3 is 2.46 bits per heavy atom. The van der Waals surface area contributed by atoms with Crippen LogP contribution in [0.3, 0.4) is 0 Å². The van der Waals surface area contributed by atoms with Gasteiger partial charge >= 0.3 is 0 Å². The summed E-state index contributed by atoms with van der Waals surface area (Å²) in [6, 6.07) is 5.92. The highest BCUT2D eigenvalue weighted by Gasteiger charge is 2.45. The molecule has 2 aromatic rings. The van der Waals surface area contributed by atoms with Crippen molar-refractivity contribution >= 4 is 11.6 Å². The zero-order valence-electron chi connectivity index (χ0n) is 15.9. The van der Waals surface area contributed by atoms with E-state index < -0.39 is 37.3 Å². The standard InChI is InChI=1S/C19H26ClN3O5/c1-3-10-5-6-11(12(20)7-10)8-13-14(4-2)23(22-21-13)19-18(27)17(26)16(25)15(9-24)28-19/h5-7,15-19,24-27H,3-4,8-9H2,1-2H3/t15-,16-,17+,18-,19-/m1/s1. The SMILES string of the molecule is CCc1ccc(Cc2nnn([C@@H]3O[C@H](CO)[C@@H](O)[C@H](O)[C@H]3O)c2CC)c(Cl)c1. The average molecular weight is 412 g/mol. The minimum Gasteiger partial charge on any atom is -0.394 e. The van der Waals surface area contributed by atoms with Gasteiger partial charge in [0.05, 0.1) is 18.0 Å². The highest BCUT2D eigenvalue weighted by Crippen LogP contribution is 2.30. The van der Waals surface area contributed by atoms with Crippen LogP contribution in [0.1, 0.15) is 42.6 Å². The van der Waals surface area contributed by atoms with Gasteiger partial charge in [0.25, 0.3) is 0 Å². The number of aryl methyl sites for hydroxylation is 1. The van der Waals surface area contributed by atoms with Crippen molar-refractivity contribution in [2.45, 2.75) is 63.8 Å².